The van der Waals surface area contributed by atoms with E-state index in [1.807, 2.05) is 20.8 Å². The molecule has 0 aromatic heterocycles. The molecular formula is C13H26O2S. The SMILES string of the molecule is CCC(C)(C)S(=O)(=O)CC1(C)CCCCC1. The third-order valence-electron chi connectivity index (χ3n) is 4.29. The molecule has 96 valence electrons. The van der Waals surface area contributed by atoms with E-state index in [9.17, 15) is 8.42 Å². The number of hydrogen-bond acceptors (Lipinski definition) is 2. The average molecular weight is 246 g/mol. The Morgan fingerprint density at radius 3 is 2.06 bits per heavy atom. The minimum Gasteiger partial charge on any atom is -0.228 e. The van der Waals surface area contributed by atoms with Crippen molar-refractivity contribution in [1.82, 2.24) is 0 Å². The van der Waals surface area contributed by atoms with Crippen molar-refractivity contribution in [2.75, 3.05) is 5.75 Å². The number of sulfone groups is 1. The first-order valence-corrected chi connectivity index (χ1v) is 8.10. The highest BCUT2D eigenvalue weighted by atomic mass is 32.2. The van der Waals surface area contributed by atoms with Crippen molar-refractivity contribution in [3.63, 3.8) is 0 Å². The van der Waals surface area contributed by atoms with Crippen LogP contribution in [-0.2, 0) is 9.84 Å². The highest BCUT2D eigenvalue weighted by molar-refractivity contribution is 7.92. The number of hydrogen-bond donors (Lipinski definition) is 0. The molecule has 1 rings (SSSR count). The van der Waals surface area contributed by atoms with Crippen LogP contribution in [0.3, 0.4) is 0 Å². The van der Waals surface area contributed by atoms with E-state index in [4.69, 9.17) is 0 Å². The molecular weight excluding hydrogens is 220 g/mol. The lowest BCUT2D eigenvalue weighted by molar-refractivity contribution is 0.246. The van der Waals surface area contributed by atoms with E-state index in [0.29, 0.717) is 12.2 Å². The Morgan fingerprint density at radius 1 is 1.12 bits per heavy atom. The minimum atomic E-state index is -2.97. The van der Waals surface area contributed by atoms with Gasteiger partial charge < -0.3 is 0 Å². The highest BCUT2D eigenvalue weighted by Gasteiger charge is 2.39. The van der Waals surface area contributed by atoms with Crippen molar-refractivity contribution in [2.24, 2.45) is 5.41 Å². The summed E-state index contributed by atoms with van der Waals surface area (Å²) < 4.78 is 24.2. The predicted molar refractivity (Wildman–Crippen MR) is 69.3 cm³/mol. The topological polar surface area (TPSA) is 34.1 Å². The van der Waals surface area contributed by atoms with Crippen LogP contribution in [0.5, 0.6) is 0 Å². The van der Waals surface area contributed by atoms with Gasteiger partial charge >= 0.3 is 0 Å². The Labute approximate surface area is 101 Å². The zero-order valence-corrected chi connectivity index (χ0v) is 12.0. The van der Waals surface area contributed by atoms with Crippen LogP contribution in [0.25, 0.3) is 0 Å². The Bertz CT molecular complexity index is 322. The zero-order valence-electron chi connectivity index (χ0n) is 11.2. The molecule has 0 aromatic carbocycles. The van der Waals surface area contributed by atoms with Crippen molar-refractivity contribution < 1.29 is 8.42 Å². The van der Waals surface area contributed by atoms with Gasteiger partial charge in [-0.05, 0) is 38.5 Å². The smallest absolute Gasteiger partial charge is 0.155 e. The fourth-order valence-corrected chi connectivity index (χ4v) is 4.46. The van der Waals surface area contributed by atoms with E-state index >= 15 is 0 Å². The molecule has 0 aromatic rings. The second-order valence-electron chi connectivity index (χ2n) is 6.24. The van der Waals surface area contributed by atoms with Crippen LogP contribution in [-0.4, -0.2) is 18.9 Å². The lowest BCUT2D eigenvalue weighted by Gasteiger charge is -2.36. The van der Waals surface area contributed by atoms with Gasteiger partial charge in [0.25, 0.3) is 0 Å². The molecule has 0 unspecified atom stereocenters. The summed E-state index contributed by atoms with van der Waals surface area (Å²) >= 11 is 0. The summed E-state index contributed by atoms with van der Waals surface area (Å²) in [4.78, 5) is 0. The standard InChI is InChI=1S/C13H26O2S/c1-5-12(2,3)16(14,15)11-13(4)9-7-6-8-10-13/h5-11H2,1-4H3. The maximum absolute atomic E-state index is 12.4. The van der Waals surface area contributed by atoms with Gasteiger partial charge in [-0.3, -0.25) is 0 Å². The molecule has 2 nitrogen and oxygen atoms in total. The third-order valence-corrected chi connectivity index (χ3v) is 7.34. The Morgan fingerprint density at radius 2 is 1.62 bits per heavy atom. The molecule has 1 fully saturated rings. The van der Waals surface area contributed by atoms with Crippen LogP contribution < -0.4 is 0 Å². The molecule has 0 N–H and O–H groups in total. The van der Waals surface area contributed by atoms with Crippen LogP contribution in [0.15, 0.2) is 0 Å². The fourth-order valence-electron chi connectivity index (χ4n) is 2.42. The van der Waals surface area contributed by atoms with E-state index < -0.39 is 14.6 Å². The molecule has 0 radical (unpaired) electrons. The van der Waals surface area contributed by atoms with Gasteiger partial charge in [-0.15, -0.1) is 0 Å². The summed E-state index contributed by atoms with van der Waals surface area (Å²) in [7, 11) is -2.97. The van der Waals surface area contributed by atoms with Gasteiger partial charge in [-0.1, -0.05) is 33.1 Å². The van der Waals surface area contributed by atoms with Crippen molar-refractivity contribution in [3.8, 4) is 0 Å². The summed E-state index contributed by atoms with van der Waals surface area (Å²) in [5.41, 5.74) is 0.0313. The summed E-state index contributed by atoms with van der Waals surface area (Å²) in [5, 5.41) is 0. The number of rotatable bonds is 4. The van der Waals surface area contributed by atoms with Gasteiger partial charge in [0, 0.05) is 0 Å². The zero-order chi connectivity index (χ0) is 12.4. The molecule has 16 heavy (non-hydrogen) atoms. The summed E-state index contributed by atoms with van der Waals surface area (Å²) in [6.45, 7) is 7.82. The predicted octanol–water partition coefficient (Wildman–Crippen LogP) is 3.56. The molecule has 0 spiro atoms. The largest absolute Gasteiger partial charge is 0.228 e. The summed E-state index contributed by atoms with van der Waals surface area (Å²) in [6.07, 6.45) is 6.51. The van der Waals surface area contributed by atoms with Crippen LogP contribution in [0.4, 0.5) is 0 Å². The molecule has 0 saturated heterocycles. The molecule has 0 aliphatic heterocycles. The van der Waals surface area contributed by atoms with E-state index in [-0.39, 0.29) is 5.41 Å². The summed E-state index contributed by atoms with van der Waals surface area (Å²) in [6, 6.07) is 0. The van der Waals surface area contributed by atoms with E-state index in [2.05, 4.69) is 6.92 Å². The molecule has 0 atom stereocenters. The molecule has 0 amide bonds. The molecule has 1 saturated carbocycles. The van der Waals surface area contributed by atoms with E-state index in [1.165, 1.54) is 19.3 Å². The summed E-state index contributed by atoms with van der Waals surface area (Å²) in [5.74, 6) is 0.376. The maximum atomic E-state index is 12.4. The van der Waals surface area contributed by atoms with Gasteiger partial charge in [0.15, 0.2) is 9.84 Å². The van der Waals surface area contributed by atoms with Crippen molar-refractivity contribution in [2.45, 2.75) is 71.0 Å². The van der Waals surface area contributed by atoms with Crippen LogP contribution in [0.1, 0.15) is 66.2 Å². The van der Waals surface area contributed by atoms with Crippen LogP contribution in [0, 0.1) is 5.41 Å². The fraction of sp³-hybridized carbons (Fsp3) is 1.00. The van der Waals surface area contributed by atoms with Gasteiger partial charge in [-0.25, -0.2) is 8.42 Å². The van der Waals surface area contributed by atoms with E-state index in [1.54, 1.807) is 0 Å². The highest BCUT2D eigenvalue weighted by Crippen LogP contribution is 2.39. The van der Waals surface area contributed by atoms with Crippen molar-refractivity contribution in [3.05, 3.63) is 0 Å². The van der Waals surface area contributed by atoms with Crippen LogP contribution >= 0.6 is 0 Å². The lowest BCUT2D eigenvalue weighted by Crippen LogP contribution is -2.40. The Balaban J connectivity index is 2.79. The van der Waals surface area contributed by atoms with Gasteiger partial charge in [0.1, 0.15) is 0 Å². The normalized spacial score (nSPS) is 22.0. The Hall–Kier alpha value is -0.0500. The molecule has 0 bridgehead atoms. The maximum Gasteiger partial charge on any atom is 0.155 e. The molecule has 0 heterocycles. The molecule has 1 aliphatic carbocycles. The first kappa shape index (κ1) is 14.0. The monoisotopic (exact) mass is 246 g/mol. The lowest BCUT2D eigenvalue weighted by atomic mass is 9.77. The Kier molecular flexibility index (Phi) is 4.09. The van der Waals surface area contributed by atoms with Gasteiger partial charge in [0.2, 0.25) is 0 Å². The second kappa shape index (κ2) is 4.67. The van der Waals surface area contributed by atoms with Crippen LogP contribution in [0.2, 0.25) is 0 Å². The second-order valence-corrected chi connectivity index (χ2v) is 8.87. The van der Waals surface area contributed by atoms with Crippen molar-refractivity contribution in [1.29, 1.82) is 0 Å². The molecule has 1 aliphatic rings. The molecule has 3 heteroatoms. The van der Waals surface area contributed by atoms with Gasteiger partial charge in [-0.2, -0.15) is 0 Å². The quantitative estimate of drug-likeness (QED) is 0.760. The van der Waals surface area contributed by atoms with Gasteiger partial charge in [0.05, 0.1) is 10.5 Å². The first-order chi connectivity index (χ1) is 7.22. The average Bonchev–Trinajstić information content (AvgIpc) is 2.17. The minimum absolute atomic E-state index is 0.0313. The first-order valence-electron chi connectivity index (χ1n) is 6.45. The van der Waals surface area contributed by atoms with Crippen molar-refractivity contribution >= 4 is 9.84 Å². The third kappa shape index (κ3) is 2.99. The van der Waals surface area contributed by atoms with E-state index in [0.717, 1.165) is 12.8 Å².